The third-order valence-electron chi connectivity index (χ3n) is 10.5. The van der Waals surface area contributed by atoms with Gasteiger partial charge in [-0.25, -0.2) is 13.4 Å². The van der Waals surface area contributed by atoms with Crippen LogP contribution in [-0.2, 0) is 20.9 Å². The molecule has 58 heavy (non-hydrogen) atoms. The monoisotopic (exact) mass is 808 g/mol. The molecule has 12 nitrogen and oxygen atoms in total. The molecule has 0 atom stereocenters. The Morgan fingerprint density at radius 3 is 1.86 bits per heavy atom. The van der Waals surface area contributed by atoms with E-state index in [-0.39, 0.29) is 16.6 Å². The molecule has 6 rings (SSSR count). The van der Waals surface area contributed by atoms with Gasteiger partial charge in [-0.05, 0) is 67.4 Å². The maximum absolute atomic E-state index is 12.8. The summed E-state index contributed by atoms with van der Waals surface area (Å²) in [6, 6.07) is 15.6. The van der Waals surface area contributed by atoms with Crippen molar-refractivity contribution in [2.45, 2.75) is 143 Å². The summed E-state index contributed by atoms with van der Waals surface area (Å²) in [5.41, 5.74) is 6.89. The summed E-state index contributed by atoms with van der Waals surface area (Å²) in [5.74, 6) is 1.35. The van der Waals surface area contributed by atoms with Gasteiger partial charge in [0.15, 0.2) is 22.9 Å². The van der Waals surface area contributed by atoms with Gasteiger partial charge >= 0.3 is 0 Å². The van der Waals surface area contributed by atoms with Crippen LogP contribution in [0.1, 0.15) is 149 Å². The SMILES string of the molecule is CCCCCCCCNc1ccc(-c2nn3nc(C(C)(C)C)c(/C=c4/c(C(C)(C)C)nn5nc(-c6ccc(NS(=O)(=O)CCCCCCCC)cc6)nc45)c3[nH]2)cc1. The number of hydrogen-bond acceptors (Lipinski definition) is 8. The van der Waals surface area contributed by atoms with E-state index in [4.69, 9.17) is 25.4 Å². The zero-order chi connectivity index (χ0) is 41.5. The minimum atomic E-state index is -3.44. The number of fused-ring (bicyclic) bond motifs is 2. The highest BCUT2D eigenvalue weighted by atomic mass is 32.2. The zero-order valence-corrected chi connectivity index (χ0v) is 36.8. The van der Waals surface area contributed by atoms with E-state index in [0.717, 1.165) is 76.3 Å². The lowest BCUT2D eigenvalue weighted by Crippen LogP contribution is -2.22. The third kappa shape index (κ3) is 10.6. The average Bonchev–Trinajstić information content (AvgIpc) is 3.94. The quantitative estimate of drug-likeness (QED) is 0.0646. The van der Waals surface area contributed by atoms with Crippen molar-refractivity contribution < 1.29 is 8.42 Å². The van der Waals surface area contributed by atoms with E-state index in [1.165, 1.54) is 51.4 Å². The molecular formula is C45H64N10O2S. The average molecular weight is 809 g/mol. The Kier molecular flexibility index (Phi) is 13.6. The topological polar surface area (TPSA) is 147 Å². The lowest BCUT2D eigenvalue weighted by Gasteiger charge is -2.17. The Bertz CT molecular complexity index is 2410. The zero-order valence-electron chi connectivity index (χ0n) is 36.0. The first-order chi connectivity index (χ1) is 27.7. The molecule has 13 heteroatoms. The highest BCUT2D eigenvalue weighted by molar-refractivity contribution is 7.92. The molecule has 6 aromatic rings. The van der Waals surface area contributed by atoms with Crippen LogP contribution < -0.4 is 15.3 Å². The van der Waals surface area contributed by atoms with E-state index >= 15 is 0 Å². The van der Waals surface area contributed by atoms with Crippen molar-refractivity contribution in [1.29, 1.82) is 0 Å². The second kappa shape index (κ2) is 18.4. The van der Waals surface area contributed by atoms with Crippen LogP contribution in [0.5, 0.6) is 0 Å². The number of aromatic amines is 1. The van der Waals surface area contributed by atoms with Crippen LogP contribution in [0.2, 0.25) is 0 Å². The molecule has 4 heterocycles. The molecule has 0 amide bonds. The van der Waals surface area contributed by atoms with E-state index < -0.39 is 10.0 Å². The number of sulfonamides is 1. The minimum Gasteiger partial charge on any atom is -0.385 e. The van der Waals surface area contributed by atoms with Crippen LogP contribution in [0, 0.1) is 0 Å². The first kappa shape index (κ1) is 42.8. The van der Waals surface area contributed by atoms with Crippen LogP contribution in [0.15, 0.2) is 48.5 Å². The van der Waals surface area contributed by atoms with Crippen LogP contribution in [-0.4, -0.2) is 60.3 Å². The van der Waals surface area contributed by atoms with Crippen molar-refractivity contribution >= 4 is 38.8 Å². The summed E-state index contributed by atoms with van der Waals surface area (Å²) < 4.78 is 31.6. The summed E-state index contributed by atoms with van der Waals surface area (Å²) in [6.07, 6.45) is 16.0. The van der Waals surface area contributed by atoms with Gasteiger partial charge in [-0.15, -0.1) is 19.5 Å². The maximum Gasteiger partial charge on any atom is 0.232 e. The molecule has 0 fully saturated rings. The molecule has 0 aliphatic rings. The number of hydrogen-bond donors (Lipinski definition) is 3. The molecular weight excluding hydrogens is 745 g/mol. The molecule has 0 unspecified atom stereocenters. The van der Waals surface area contributed by atoms with Gasteiger partial charge in [0.25, 0.3) is 0 Å². The van der Waals surface area contributed by atoms with Gasteiger partial charge in [0.05, 0.1) is 17.1 Å². The maximum atomic E-state index is 12.8. The van der Waals surface area contributed by atoms with E-state index in [0.29, 0.717) is 23.6 Å². The molecule has 4 aromatic heterocycles. The molecule has 3 N–H and O–H groups in total. The Labute approximate surface area is 344 Å². The van der Waals surface area contributed by atoms with Crippen LogP contribution in [0.25, 0.3) is 40.1 Å². The van der Waals surface area contributed by atoms with Gasteiger partial charge in [0, 0.05) is 50.7 Å². The Morgan fingerprint density at radius 2 is 1.22 bits per heavy atom. The Hall–Kier alpha value is -4.78. The van der Waals surface area contributed by atoms with Crippen LogP contribution in [0.4, 0.5) is 11.4 Å². The summed E-state index contributed by atoms with van der Waals surface area (Å²) in [5, 5.41) is 24.1. The number of nitrogens with zero attached hydrogens (tertiary/aromatic N) is 7. The van der Waals surface area contributed by atoms with Crippen molar-refractivity contribution in [3.8, 4) is 22.8 Å². The highest BCUT2D eigenvalue weighted by Crippen LogP contribution is 2.30. The second-order valence-electron chi connectivity index (χ2n) is 17.8. The molecule has 0 aliphatic carbocycles. The molecule has 0 radical (unpaired) electrons. The fourth-order valence-corrected chi connectivity index (χ4v) is 8.47. The Morgan fingerprint density at radius 1 is 0.655 bits per heavy atom. The molecule has 0 spiro atoms. The van der Waals surface area contributed by atoms with Crippen LogP contribution >= 0.6 is 0 Å². The lowest BCUT2D eigenvalue weighted by molar-refractivity contribution is 0.553. The van der Waals surface area contributed by atoms with Crippen molar-refractivity contribution in [1.82, 2.24) is 39.6 Å². The van der Waals surface area contributed by atoms with Gasteiger partial charge in [-0.1, -0.05) is 120 Å². The summed E-state index contributed by atoms with van der Waals surface area (Å²) in [7, 11) is -3.44. The number of H-pyrrole nitrogens is 1. The van der Waals surface area contributed by atoms with E-state index in [1.54, 1.807) is 21.4 Å². The highest BCUT2D eigenvalue weighted by Gasteiger charge is 2.28. The molecule has 312 valence electrons. The van der Waals surface area contributed by atoms with Gasteiger partial charge < -0.3 is 10.3 Å². The second-order valence-corrected chi connectivity index (χ2v) is 19.6. The predicted octanol–water partition coefficient (Wildman–Crippen LogP) is 9.85. The van der Waals surface area contributed by atoms with Crippen molar-refractivity contribution in [3.05, 3.63) is 70.7 Å². The summed E-state index contributed by atoms with van der Waals surface area (Å²) in [6.45, 7) is 18.3. The van der Waals surface area contributed by atoms with Gasteiger partial charge in [-0.3, -0.25) is 4.72 Å². The molecule has 0 saturated heterocycles. The third-order valence-corrected chi connectivity index (χ3v) is 11.9. The van der Waals surface area contributed by atoms with Crippen LogP contribution in [0.3, 0.4) is 0 Å². The van der Waals surface area contributed by atoms with Crippen molar-refractivity contribution in [2.24, 2.45) is 0 Å². The van der Waals surface area contributed by atoms with Crippen molar-refractivity contribution in [3.63, 3.8) is 0 Å². The minimum absolute atomic E-state index is 0.115. The number of nitrogens with one attached hydrogen (secondary N) is 3. The molecule has 0 bridgehead atoms. The van der Waals surface area contributed by atoms with Crippen molar-refractivity contribution in [2.75, 3.05) is 22.3 Å². The molecule has 0 saturated carbocycles. The van der Waals surface area contributed by atoms with E-state index in [2.05, 4.69) is 101 Å². The standard InChI is InChI=1S/C45H64N10O2S/c1-9-11-13-15-17-19-29-46-34-25-21-32(22-26-34)40-47-42-36(38(44(3,4)5)49-54(42)51-40)31-37-39(45(6,7)8)50-55-43(37)48-41(52-55)33-23-27-35(28-24-33)53-58(56,57)30-20-18-16-14-12-10-2/h21-28,31,46,53H,9-20,29-30H2,1-8H3,(H,47,51)/b37-31-. The number of benzene rings is 2. The number of anilines is 2. The van der Waals surface area contributed by atoms with Gasteiger partial charge in [-0.2, -0.15) is 10.2 Å². The summed E-state index contributed by atoms with van der Waals surface area (Å²) >= 11 is 0. The first-order valence-electron chi connectivity index (χ1n) is 21.4. The smallest absolute Gasteiger partial charge is 0.232 e. The van der Waals surface area contributed by atoms with E-state index in [9.17, 15) is 8.42 Å². The predicted molar refractivity (Wildman–Crippen MR) is 238 cm³/mol. The largest absolute Gasteiger partial charge is 0.385 e. The normalized spacial score (nSPS) is 13.0. The van der Waals surface area contributed by atoms with Gasteiger partial charge in [0.2, 0.25) is 10.0 Å². The summed E-state index contributed by atoms with van der Waals surface area (Å²) in [4.78, 5) is 8.60. The van der Waals surface area contributed by atoms with Gasteiger partial charge in [0.1, 0.15) is 0 Å². The number of unbranched alkanes of at least 4 members (excludes halogenated alkanes) is 10. The molecule has 2 aromatic carbocycles. The number of rotatable bonds is 20. The fraction of sp³-hybridized carbons (Fsp3) is 0.533. The number of aromatic nitrogens is 8. The Balaban J connectivity index is 1.26. The first-order valence-corrected chi connectivity index (χ1v) is 23.1. The van der Waals surface area contributed by atoms with E-state index in [1.807, 2.05) is 12.1 Å². The fourth-order valence-electron chi connectivity index (χ4n) is 7.29. The molecule has 0 aliphatic heterocycles. The lowest BCUT2D eigenvalue weighted by atomic mass is 9.88.